The molecule has 1 aliphatic heterocycles. The van der Waals surface area contributed by atoms with Crippen LogP contribution in [0.15, 0.2) is 24.3 Å². The Labute approximate surface area is 150 Å². The highest BCUT2D eigenvalue weighted by Gasteiger charge is 2.12. The molecule has 24 heavy (non-hydrogen) atoms. The van der Waals surface area contributed by atoms with E-state index in [-0.39, 0.29) is 0 Å². The molecule has 1 aromatic carbocycles. The van der Waals surface area contributed by atoms with Gasteiger partial charge in [-0.15, -0.1) is 22.7 Å². The maximum Gasteiger partial charge on any atom is 0.117 e. The molecule has 2 aromatic heterocycles. The summed E-state index contributed by atoms with van der Waals surface area (Å²) in [6, 6.07) is 8.82. The number of morpholine rings is 1. The molecule has 124 valence electrons. The smallest absolute Gasteiger partial charge is 0.117 e. The summed E-state index contributed by atoms with van der Waals surface area (Å²) in [5.41, 5.74) is 3.73. The summed E-state index contributed by atoms with van der Waals surface area (Å²) >= 11 is 3.58. The van der Waals surface area contributed by atoms with E-state index in [0.717, 1.165) is 36.8 Å². The molecule has 0 bridgehead atoms. The predicted octanol–water partition coefficient (Wildman–Crippen LogP) is 4.98. The van der Waals surface area contributed by atoms with Gasteiger partial charge < -0.3 is 9.64 Å². The van der Waals surface area contributed by atoms with E-state index in [1.54, 1.807) is 11.3 Å². The average molecular weight is 357 g/mol. The summed E-state index contributed by atoms with van der Waals surface area (Å²) in [5.74, 6) is 0. The van der Waals surface area contributed by atoms with Crippen molar-refractivity contribution < 1.29 is 4.74 Å². The molecule has 1 fully saturated rings. The van der Waals surface area contributed by atoms with Crippen LogP contribution in [0.2, 0.25) is 0 Å². The first kappa shape index (κ1) is 15.8. The van der Waals surface area contributed by atoms with Gasteiger partial charge in [-0.05, 0) is 61.4 Å². The Morgan fingerprint density at radius 1 is 1.04 bits per heavy atom. The highest BCUT2D eigenvalue weighted by molar-refractivity contribution is 7.19. The Bertz CT molecular complexity index is 849. The molecule has 3 aromatic rings. The van der Waals surface area contributed by atoms with Crippen LogP contribution < -0.4 is 4.90 Å². The molecule has 0 atom stereocenters. The lowest BCUT2D eigenvalue weighted by Crippen LogP contribution is -2.35. The summed E-state index contributed by atoms with van der Waals surface area (Å²) in [5, 5.41) is 2.39. The van der Waals surface area contributed by atoms with Gasteiger partial charge in [-0.2, -0.15) is 0 Å². The summed E-state index contributed by atoms with van der Waals surface area (Å²) in [6.45, 7) is 7.92. The number of aromatic nitrogens is 1. The number of rotatable bonds is 3. The molecule has 0 saturated carbocycles. The summed E-state index contributed by atoms with van der Waals surface area (Å²) in [4.78, 5) is 8.40. The van der Waals surface area contributed by atoms with Crippen LogP contribution in [0.5, 0.6) is 0 Å². The molecule has 1 aliphatic rings. The number of ether oxygens (including phenoxy) is 1. The molecule has 3 heterocycles. The van der Waals surface area contributed by atoms with E-state index in [1.165, 1.54) is 25.7 Å². The SMILES string of the molecule is Cc1cc2nc(/C=C/c3ccc(N4CCOCC4)s3)sc2cc1C. The normalized spacial score (nSPS) is 15.7. The Morgan fingerprint density at radius 2 is 1.83 bits per heavy atom. The van der Waals surface area contributed by atoms with Crippen LogP contribution in [0, 0.1) is 13.8 Å². The van der Waals surface area contributed by atoms with Crippen LogP contribution in [-0.4, -0.2) is 31.3 Å². The molecule has 5 heteroatoms. The first-order valence-electron chi connectivity index (χ1n) is 8.17. The van der Waals surface area contributed by atoms with E-state index in [1.807, 2.05) is 11.3 Å². The van der Waals surface area contributed by atoms with Crippen molar-refractivity contribution in [2.24, 2.45) is 0 Å². The monoisotopic (exact) mass is 356 g/mol. The molecule has 0 spiro atoms. The van der Waals surface area contributed by atoms with Gasteiger partial charge in [0, 0.05) is 18.0 Å². The van der Waals surface area contributed by atoms with Crippen molar-refractivity contribution in [1.29, 1.82) is 0 Å². The Balaban J connectivity index is 1.53. The Hall–Kier alpha value is -1.69. The number of fused-ring (bicyclic) bond motifs is 1. The number of aryl methyl sites for hydroxylation is 2. The third-order valence-electron chi connectivity index (χ3n) is 4.35. The maximum absolute atomic E-state index is 5.42. The van der Waals surface area contributed by atoms with Crippen LogP contribution in [-0.2, 0) is 4.74 Å². The molecule has 3 nitrogen and oxygen atoms in total. The zero-order valence-electron chi connectivity index (χ0n) is 13.9. The van der Waals surface area contributed by atoms with Gasteiger partial charge in [0.25, 0.3) is 0 Å². The van der Waals surface area contributed by atoms with Crippen molar-refractivity contribution in [2.75, 3.05) is 31.2 Å². The second-order valence-corrected chi connectivity index (χ2v) is 8.22. The van der Waals surface area contributed by atoms with Crippen molar-refractivity contribution in [1.82, 2.24) is 4.98 Å². The lowest BCUT2D eigenvalue weighted by molar-refractivity contribution is 0.123. The third-order valence-corrected chi connectivity index (χ3v) is 6.44. The number of benzene rings is 1. The third kappa shape index (κ3) is 3.24. The standard InChI is InChI=1S/C19H20N2OS2/c1-13-11-16-17(12-14(13)2)24-18(20-16)5-3-15-4-6-19(23-15)21-7-9-22-10-8-21/h3-6,11-12H,7-10H2,1-2H3/b5-3+. The minimum Gasteiger partial charge on any atom is -0.378 e. The molecule has 0 aliphatic carbocycles. The van der Waals surface area contributed by atoms with Crippen LogP contribution in [0.4, 0.5) is 5.00 Å². The molecule has 1 saturated heterocycles. The van der Waals surface area contributed by atoms with Crippen molar-refractivity contribution in [2.45, 2.75) is 13.8 Å². The fourth-order valence-corrected chi connectivity index (χ4v) is 4.72. The van der Waals surface area contributed by atoms with Gasteiger partial charge >= 0.3 is 0 Å². The van der Waals surface area contributed by atoms with Crippen molar-refractivity contribution in [3.05, 3.63) is 45.3 Å². The fraction of sp³-hybridized carbons (Fsp3) is 0.316. The number of hydrogen-bond donors (Lipinski definition) is 0. The molecule has 4 rings (SSSR count). The molecule has 0 N–H and O–H groups in total. The largest absolute Gasteiger partial charge is 0.378 e. The van der Waals surface area contributed by atoms with Crippen LogP contribution in [0.1, 0.15) is 21.0 Å². The van der Waals surface area contributed by atoms with Gasteiger partial charge in [-0.3, -0.25) is 0 Å². The van der Waals surface area contributed by atoms with E-state index in [4.69, 9.17) is 9.72 Å². The number of hydrogen-bond acceptors (Lipinski definition) is 5. The number of thiazole rings is 1. The van der Waals surface area contributed by atoms with Crippen molar-refractivity contribution >= 4 is 50.0 Å². The first-order chi connectivity index (χ1) is 11.7. The van der Waals surface area contributed by atoms with E-state index >= 15 is 0 Å². The summed E-state index contributed by atoms with van der Waals surface area (Å²) in [7, 11) is 0. The van der Waals surface area contributed by atoms with Gasteiger partial charge in [0.05, 0.1) is 28.4 Å². The Kier molecular flexibility index (Phi) is 4.39. The second-order valence-electron chi connectivity index (χ2n) is 6.07. The topological polar surface area (TPSA) is 25.4 Å². The van der Waals surface area contributed by atoms with E-state index < -0.39 is 0 Å². The highest BCUT2D eigenvalue weighted by Crippen LogP contribution is 2.30. The fourth-order valence-electron chi connectivity index (χ4n) is 2.81. The zero-order chi connectivity index (χ0) is 16.5. The number of nitrogens with zero attached hydrogens (tertiary/aromatic N) is 2. The summed E-state index contributed by atoms with van der Waals surface area (Å²) in [6.07, 6.45) is 4.30. The molecular weight excluding hydrogens is 336 g/mol. The van der Waals surface area contributed by atoms with Gasteiger partial charge in [-0.25, -0.2) is 4.98 Å². The van der Waals surface area contributed by atoms with Gasteiger partial charge in [0.1, 0.15) is 5.01 Å². The lowest BCUT2D eigenvalue weighted by atomic mass is 10.1. The highest BCUT2D eigenvalue weighted by atomic mass is 32.1. The second kappa shape index (κ2) is 6.67. The minimum atomic E-state index is 0.827. The minimum absolute atomic E-state index is 0.827. The van der Waals surface area contributed by atoms with Crippen LogP contribution >= 0.6 is 22.7 Å². The van der Waals surface area contributed by atoms with Crippen molar-refractivity contribution in [3.8, 4) is 0 Å². The van der Waals surface area contributed by atoms with Crippen LogP contribution in [0.25, 0.3) is 22.4 Å². The average Bonchev–Trinajstić information content (AvgIpc) is 3.21. The number of thiophene rings is 1. The van der Waals surface area contributed by atoms with Crippen molar-refractivity contribution in [3.63, 3.8) is 0 Å². The molecule has 0 unspecified atom stereocenters. The van der Waals surface area contributed by atoms with Gasteiger partial charge in [0.2, 0.25) is 0 Å². The molecule has 0 amide bonds. The van der Waals surface area contributed by atoms with Gasteiger partial charge in [-0.1, -0.05) is 0 Å². The summed E-state index contributed by atoms with van der Waals surface area (Å²) < 4.78 is 6.68. The molecular formula is C19H20N2OS2. The van der Waals surface area contributed by atoms with E-state index in [2.05, 4.69) is 55.2 Å². The Morgan fingerprint density at radius 3 is 2.67 bits per heavy atom. The lowest BCUT2D eigenvalue weighted by Gasteiger charge is -2.27. The van der Waals surface area contributed by atoms with Gasteiger partial charge in [0.15, 0.2) is 0 Å². The first-order valence-corrected chi connectivity index (χ1v) is 9.81. The molecule has 0 radical (unpaired) electrons. The zero-order valence-corrected chi connectivity index (χ0v) is 15.5. The van der Waals surface area contributed by atoms with E-state index in [0.29, 0.717) is 0 Å². The predicted molar refractivity (Wildman–Crippen MR) is 105 cm³/mol. The quantitative estimate of drug-likeness (QED) is 0.662. The maximum atomic E-state index is 5.42. The number of anilines is 1. The van der Waals surface area contributed by atoms with E-state index in [9.17, 15) is 0 Å². The van der Waals surface area contributed by atoms with Crippen LogP contribution in [0.3, 0.4) is 0 Å².